The van der Waals surface area contributed by atoms with E-state index in [1.807, 2.05) is 0 Å². The highest BCUT2D eigenvalue weighted by molar-refractivity contribution is 7.90. The molecule has 0 aliphatic heterocycles. The number of rotatable bonds is 4. The normalized spacial score (nSPS) is 11.6. The van der Waals surface area contributed by atoms with E-state index in [0.29, 0.717) is 5.69 Å². The van der Waals surface area contributed by atoms with Gasteiger partial charge in [-0.1, -0.05) is 6.07 Å². The van der Waals surface area contributed by atoms with Crippen LogP contribution in [0.25, 0.3) is 11.2 Å². The Morgan fingerprint density at radius 3 is 2.75 bits per heavy atom. The number of pyridine rings is 1. The van der Waals surface area contributed by atoms with Gasteiger partial charge in [0.1, 0.15) is 12.1 Å². The molecule has 3 heterocycles. The molecule has 1 aromatic carbocycles. The number of sulfone groups is 1. The van der Waals surface area contributed by atoms with Gasteiger partial charge in [0.15, 0.2) is 5.69 Å². The zero-order valence-corrected chi connectivity index (χ0v) is 15.1. The van der Waals surface area contributed by atoms with Crippen molar-refractivity contribution in [1.82, 2.24) is 29.6 Å². The van der Waals surface area contributed by atoms with Crippen LogP contribution in [0, 0.1) is 5.82 Å². The van der Waals surface area contributed by atoms with Gasteiger partial charge >= 0.3 is 0 Å². The lowest BCUT2D eigenvalue weighted by Crippen LogP contribution is -2.14. The summed E-state index contributed by atoms with van der Waals surface area (Å²) in [6.07, 6.45) is 3.79. The minimum absolute atomic E-state index is 0.129. The maximum atomic E-state index is 14.2. The number of benzene rings is 1. The minimum atomic E-state index is -3.69. The summed E-state index contributed by atoms with van der Waals surface area (Å²) in [5.41, 5.74) is 0.426. The van der Waals surface area contributed by atoms with Crippen molar-refractivity contribution in [2.24, 2.45) is 0 Å². The third kappa shape index (κ3) is 3.09. The average molecular weight is 401 g/mol. The van der Waals surface area contributed by atoms with Crippen LogP contribution in [-0.4, -0.2) is 50.2 Å². The van der Waals surface area contributed by atoms with Crippen molar-refractivity contribution in [2.45, 2.75) is 5.16 Å². The fraction of sp³-hybridized carbons (Fsp3) is 0.0625. The van der Waals surface area contributed by atoms with Crippen molar-refractivity contribution in [1.29, 1.82) is 0 Å². The first-order chi connectivity index (χ1) is 13.3. The lowest BCUT2D eigenvalue weighted by molar-refractivity contribution is 0.102. The summed E-state index contributed by atoms with van der Waals surface area (Å²) in [7, 11) is -3.69. The SMILES string of the molecule is CS(=O)(=O)c1nc(C(=O)Nc2cc(-n3cnnn3)ccc2F)c2ccccn12. The summed E-state index contributed by atoms with van der Waals surface area (Å²) in [6, 6.07) is 8.73. The molecule has 0 saturated heterocycles. The number of anilines is 1. The molecule has 28 heavy (non-hydrogen) atoms. The van der Waals surface area contributed by atoms with Gasteiger partial charge in [0.2, 0.25) is 15.0 Å². The van der Waals surface area contributed by atoms with Crippen LogP contribution in [0.3, 0.4) is 0 Å². The van der Waals surface area contributed by atoms with Gasteiger partial charge in [0.25, 0.3) is 5.91 Å². The molecule has 0 aliphatic carbocycles. The smallest absolute Gasteiger partial charge is 0.276 e. The molecule has 10 nitrogen and oxygen atoms in total. The summed E-state index contributed by atoms with van der Waals surface area (Å²) >= 11 is 0. The third-order valence-corrected chi connectivity index (χ3v) is 4.83. The van der Waals surface area contributed by atoms with Gasteiger partial charge in [-0.3, -0.25) is 9.20 Å². The Kier molecular flexibility index (Phi) is 4.11. The highest BCUT2D eigenvalue weighted by Crippen LogP contribution is 2.21. The number of hydrogen-bond acceptors (Lipinski definition) is 7. The average Bonchev–Trinajstić information content (AvgIpc) is 3.31. The van der Waals surface area contributed by atoms with Gasteiger partial charge in [-0.2, -0.15) is 0 Å². The predicted octanol–water partition coefficient (Wildman–Crippen LogP) is 1.10. The molecule has 12 heteroatoms. The Morgan fingerprint density at radius 1 is 1.21 bits per heavy atom. The van der Waals surface area contributed by atoms with E-state index in [2.05, 4.69) is 25.8 Å². The molecule has 0 aliphatic rings. The number of fused-ring (bicyclic) bond motifs is 1. The van der Waals surface area contributed by atoms with Gasteiger partial charge in [0.05, 0.1) is 16.9 Å². The Morgan fingerprint density at radius 2 is 2.04 bits per heavy atom. The summed E-state index contributed by atoms with van der Waals surface area (Å²) in [5.74, 6) is -1.44. The molecular weight excluding hydrogens is 389 g/mol. The molecule has 4 aromatic rings. The van der Waals surface area contributed by atoms with E-state index in [9.17, 15) is 17.6 Å². The van der Waals surface area contributed by atoms with Gasteiger partial charge in [0, 0.05) is 12.5 Å². The van der Waals surface area contributed by atoms with Gasteiger partial charge in [-0.15, -0.1) is 5.10 Å². The predicted molar refractivity (Wildman–Crippen MR) is 95.4 cm³/mol. The molecule has 4 rings (SSSR count). The summed E-state index contributed by atoms with van der Waals surface area (Å²) in [5, 5.41) is 12.8. The van der Waals surface area contributed by atoms with Crippen molar-refractivity contribution in [2.75, 3.05) is 11.6 Å². The van der Waals surface area contributed by atoms with Gasteiger partial charge < -0.3 is 5.32 Å². The molecule has 1 N–H and O–H groups in total. The molecule has 0 atom stereocenters. The lowest BCUT2D eigenvalue weighted by Gasteiger charge is -2.07. The first-order valence-electron chi connectivity index (χ1n) is 7.86. The standard InChI is InChI=1S/C16H12FN7O3S/c1-28(26,27)16-20-14(13-4-2-3-7-23(13)16)15(25)19-12-8-10(5-6-11(12)17)24-9-18-21-22-24/h2-9H,1H3,(H,19,25). The van der Waals surface area contributed by atoms with Crippen LogP contribution in [-0.2, 0) is 9.84 Å². The highest BCUT2D eigenvalue weighted by Gasteiger charge is 2.23. The fourth-order valence-corrected chi connectivity index (χ4v) is 3.42. The van der Waals surface area contributed by atoms with Gasteiger partial charge in [-0.25, -0.2) is 22.5 Å². The van der Waals surface area contributed by atoms with E-state index in [0.717, 1.165) is 12.3 Å². The first kappa shape index (κ1) is 17.7. The summed E-state index contributed by atoms with van der Waals surface area (Å²) in [4.78, 5) is 16.7. The lowest BCUT2D eigenvalue weighted by atomic mass is 10.2. The summed E-state index contributed by atoms with van der Waals surface area (Å²) in [6.45, 7) is 0. The molecular formula is C16H12FN7O3S. The van der Waals surface area contributed by atoms with E-state index in [1.54, 1.807) is 18.2 Å². The van der Waals surface area contributed by atoms with Gasteiger partial charge in [-0.05, 0) is 40.8 Å². The van der Waals surface area contributed by atoms with Crippen molar-refractivity contribution in [3.63, 3.8) is 0 Å². The summed E-state index contributed by atoms with van der Waals surface area (Å²) < 4.78 is 40.7. The second-order valence-electron chi connectivity index (χ2n) is 5.84. The number of nitrogens with zero attached hydrogens (tertiary/aromatic N) is 6. The Bertz CT molecular complexity index is 1300. The number of amides is 1. The minimum Gasteiger partial charge on any atom is -0.318 e. The van der Waals surface area contributed by atoms with Crippen molar-refractivity contribution in [3.05, 3.63) is 60.4 Å². The molecule has 0 radical (unpaired) electrons. The Balaban J connectivity index is 1.75. The zero-order chi connectivity index (χ0) is 19.9. The number of carbonyl (C=O) groups is 1. The molecule has 0 saturated carbocycles. The van der Waals surface area contributed by atoms with Crippen LogP contribution in [0.5, 0.6) is 0 Å². The molecule has 0 unspecified atom stereocenters. The number of nitrogens with one attached hydrogen (secondary N) is 1. The van der Waals surface area contributed by atoms with E-state index in [1.165, 1.54) is 33.7 Å². The van der Waals surface area contributed by atoms with Crippen LogP contribution in [0.4, 0.5) is 10.1 Å². The monoisotopic (exact) mass is 401 g/mol. The second kappa shape index (κ2) is 6.49. The first-order valence-corrected chi connectivity index (χ1v) is 9.75. The van der Waals surface area contributed by atoms with E-state index < -0.39 is 21.6 Å². The number of imidazole rings is 1. The third-order valence-electron chi connectivity index (χ3n) is 3.87. The fourth-order valence-electron chi connectivity index (χ4n) is 2.65. The Hall–Kier alpha value is -3.67. The Labute approximate surface area is 157 Å². The van der Waals surface area contributed by atoms with E-state index in [4.69, 9.17) is 0 Å². The molecule has 0 bridgehead atoms. The number of tetrazole rings is 1. The molecule has 1 amide bonds. The topological polar surface area (TPSA) is 124 Å². The van der Waals surface area contributed by atoms with Crippen LogP contribution in [0.1, 0.15) is 10.5 Å². The van der Waals surface area contributed by atoms with E-state index >= 15 is 0 Å². The molecule has 0 spiro atoms. The quantitative estimate of drug-likeness (QED) is 0.543. The number of carbonyl (C=O) groups excluding carboxylic acids is 1. The maximum absolute atomic E-state index is 14.2. The van der Waals surface area contributed by atoms with Crippen LogP contribution < -0.4 is 5.32 Å². The van der Waals surface area contributed by atoms with Crippen LogP contribution in [0.15, 0.2) is 54.1 Å². The molecule has 142 valence electrons. The zero-order valence-electron chi connectivity index (χ0n) is 14.3. The van der Waals surface area contributed by atoms with E-state index in [-0.39, 0.29) is 22.1 Å². The highest BCUT2D eigenvalue weighted by atomic mass is 32.2. The maximum Gasteiger partial charge on any atom is 0.276 e. The molecule has 0 fully saturated rings. The van der Waals surface area contributed by atoms with Crippen molar-refractivity contribution < 1.29 is 17.6 Å². The number of halogens is 1. The largest absolute Gasteiger partial charge is 0.318 e. The van der Waals surface area contributed by atoms with Crippen molar-refractivity contribution >= 4 is 26.9 Å². The molecule has 3 aromatic heterocycles. The number of hydrogen-bond donors (Lipinski definition) is 1. The second-order valence-corrected chi connectivity index (χ2v) is 7.75. The van der Waals surface area contributed by atoms with Crippen molar-refractivity contribution in [3.8, 4) is 5.69 Å². The number of aromatic nitrogens is 6. The van der Waals surface area contributed by atoms with Crippen LogP contribution in [0.2, 0.25) is 0 Å². The van der Waals surface area contributed by atoms with Crippen LogP contribution >= 0.6 is 0 Å².